The van der Waals surface area contributed by atoms with Crippen LogP contribution in [0.4, 0.5) is 0 Å². The zero-order valence-electron chi connectivity index (χ0n) is 4.89. The van der Waals surface area contributed by atoms with Crippen LogP contribution in [0.5, 0.6) is 0 Å². The monoisotopic (exact) mass is 128 g/mol. The molecule has 0 fully saturated rings. The quantitative estimate of drug-likeness (QED) is 0.502. The molecule has 0 heterocycles. The molecule has 0 unspecified atom stereocenters. The molecule has 0 aliphatic heterocycles. The van der Waals surface area contributed by atoms with E-state index in [9.17, 15) is 0 Å². The molecule has 8 heavy (non-hydrogen) atoms. The molecule has 0 aromatic carbocycles. The maximum Gasteiger partial charge on any atom is 0.0363 e. The molecule has 0 aromatic rings. The van der Waals surface area contributed by atoms with Crippen LogP contribution in [0, 0.1) is 0 Å². The van der Waals surface area contributed by atoms with Gasteiger partial charge >= 0.3 is 0 Å². The molecule has 0 atom stereocenters. The van der Waals surface area contributed by atoms with Crippen molar-refractivity contribution in [2.45, 2.75) is 6.92 Å². The number of halogens is 1. The Morgan fingerprint density at radius 2 is 2.25 bits per heavy atom. The maximum absolute atomic E-state index is 5.57. The van der Waals surface area contributed by atoms with Crippen molar-refractivity contribution in [3.05, 3.63) is 35.9 Å². The Balaban J connectivity index is 3.69. The third kappa shape index (κ3) is 3.69. The van der Waals surface area contributed by atoms with Crippen LogP contribution in [0.25, 0.3) is 0 Å². The largest absolute Gasteiger partial charge is 0.0991 e. The summed E-state index contributed by atoms with van der Waals surface area (Å²) in [7, 11) is 0. The first kappa shape index (κ1) is 7.51. The lowest BCUT2D eigenvalue weighted by atomic mass is 10.4. The van der Waals surface area contributed by atoms with Gasteiger partial charge in [0.1, 0.15) is 0 Å². The molecule has 0 bridgehead atoms. The molecule has 0 nitrogen and oxygen atoms in total. The Labute approximate surface area is 55.2 Å². The van der Waals surface area contributed by atoms with E-state index in [0.29, 0.717) is 0 Å². The Morgan fingerprint density at radius 1 is 1.62 bits per heavy atom. The summed E-state index contributed by atoms with van der Waals surface area (Å²) < 4.78 is 0. The Bertz CT molecular complexity index is 120. The lowest BCUT2D eigenvalue weighted by Crippen LogP contribution is -1.56. The van der Waals surface area contributed by atoms with Gasteiger partial charge < -0.3 is 0 Å². The second-order valence-corrected chi connectivity index (χ2v) is 1.70. The number of allylic oxidation sites excluding steroid dienone is 5. The molecule has 0 aromatic heterocycles. The van der Waals surface area contributed by atoms with Gasteiger partial charge in [-0.15, -0.1) is 0 Å². The molecule has 0 spiro atoms. The topological polar surface area (TPSA) is 0 Å². The summed E-state index contributed by atoms with van der Waals surface area (Å²) >= 11 is 5.57. The molecule has 0 rings (SSSR count). The molecule has 44 valence electrons. The van der Waals surface area contributed by atoms with Gasteiger partial charge in [-0.05, 0) is 13.0 Å². The smallest absolute Gasteiger partial charge is 0.0363 e. The van der Waals surface area contributed by atoms with Crippen molar-refractivity contribution < 1.29 is 0 Å². The van der Waals surface area contributed by atoms with Gasteiger partial charge in [-0.2, -0.15) is 0 Å². The minimum absolute atomic E-state index is 0.741. The van der Waals surface area contributed by atoms with E-state index in [1.807, 2.05) is 13.0 Å². The summed E-state index contributed by atoms with van der Waals surface area (Å²) in [5.41, 5.74) is 0. The highest BCUT2D eigenvalue weighted by Gasteiger charge is 1.74. The van der Waals surface area contributed by atoms with E-state index in [1.165, 1.54) is 0 Å². The van der Waals surface area contributed by atoms with Crippen LogP contribution < -0.4 is 0 Å². The van der Waals surface area contributed by atoms with Crippen LogP contribution in [0.2, 0.25) is 0 Å². The number of rotatable bonds is 2. The first-order valence-electron chi connectivity index (χ1n) is 2.42. The van der Waals surface area contributed by atoms with Crippen LogP contribution in [0.3, 0.4) is 0 Å². The number of hydrogen-bond donors (Lipinski definition) is 0. The molecule has 0 saturated heterocycles. The predicted octanol–water partition coefficient (Wildman–Crippen LogP) is 2.87. The molecule has 0 amide bonds. The highest BCUT2D eigenvalue weighted by Crippen LogP contribution is 2.00. The first-order valence-corrected chi connectivity index (χ1v) is 2.80. The van der Waals surface area contributed by atoms with Gasteiger partial charge in [-0.25, -0.2) is 0 Å². The van der Waals surface area contributed by atoms with Crippen molar-refractivity contribution in [3.63, 3.8) is 0 Å². The van der Waals surface area contributed by atoms with Crippen LogP contribution in [-0.2, 0) is 0 Å². The van der Waals surface area contributed by atoms with E-state index in [-0.39, 0.29) is 0 Å². The maximum atomic E-state index is 5.57. The van der Waals surface area contributed by atoms with Crippen molar-refractivity contribution in [1.82, 2.24) is 0 Å². The summed E-state index contributed by atoms with van der Waals surface area (Å²) in [6.07, 6.45) is 7.09. The van der Waals surface area contributed by atoms with E-state index in [2.05, 4.69) is 6.58 Å². The van der Waals surface area contributed by atoms with Crippen molar-refractivity contribution in [2.24, 2.45) is 0 Å². The van der Waals surface area contributed by atoms with Gasteiger partial charge in [0.25, 0.3) is 0 Å². The van der Waals surface area contributed by atoms with E-state index in [1.54, 1.807) is 18.2 Å². The van der Waals surface area contributed by atoms with Crippen molar-refractivity contribution in [2.75, 3.05) is 0 Å². The first-order chi connectivity index (χ1) is 3.81. The lowest BCUT2D eigenvalue weighted by Gasteiger charge is -1.79. The van der Waals surface area contributed by atoms with E-state index in [0.717, 1.165) is 5.03 Å². The highest BCUT2D eigenvalue weighted by atomic mass is 35.5. The van der Waals surface area contributed by atoms with Gasteiger partial charge in [0.05, 0.1) is 0 Å². The zero-order valence-corrected chi connectivity index (χ0v) is 5.65. The molecule has 0 aliphatic carbocycles. The molecule has 0 radical (unpaired) electrons. The van der Waals surface area contributed by atoms with E-state index < -0.39 is 0 Å². The predicted molar refractivity (Wildman–Crippen MR) is 38.9 cm³/mol. The molecule has 0 N–H and O–H groups in total. The SMILES string of the molecule is C=C/C=C\C(Cl)=C/C. The summed E-state index contributed by atoms with van der Waals surface area (Å²) in [5, 5.41) is 0.741. The van der Waals surface area contributed by atoms with E-state index in [4.69, 9.17) is 11.6 Å². The minimum Gasteiger partial charge on any atom is -0.0991 e. The molecule has 1 heteroatoms. The van der Waals surface area contributed by atoms with Crippen molar-refractivity contribution in [3.8, 4) is 0 Å². The van der Waals surface area contributed by atoms with Gasteiger partial charge in [0, 0.05) is 5.03 Å². The third-order valence-corrected chi connectivity index (χ3v) is 1.01. The minimum atomic E-state index is 0.741. The second kappa shape index (κ2) is 4.66. The average molecular weight is 129 g/mol. The fourth-order valence-electron chi connectivity index (χ4n) is 0.256. The van der Waals surface area contributed by atoms with Crippen molar-refractivity contribution >= 4 is 11.6 Å². The molecular formula is C7H9Cl. The van der Waals surface area contributed by atoms with Crippen LogP contribution in [-0.4, -0.2) is 0 Å². The van der Waals surface area contributed by atoms with Crippen LogP contribution in [0.1, 0.15) is 6.92 Å². The average Bonchev–Trinajstić information content (AvgIpc) is 1.83. The fraction of sp³-hybridized carbons (Fsp3) is 0.143. The fourth-order valence-corrected chi connectivity index (χ4v) is 0.329. The molecular weight excluding hydrogens is 120 g/mol. The van der Waals surface area contributed by atoms with Gasteiger partial charge in [-0.1, -0.05) is 36.4 Å². The molecule has 0 saturated carbocycles. The van der Waals surface area contributed by atoms with Crippen LogP contribution in [0.15, 0.2) is 35.9 Å². The van der Waals surface area contributed by atoms with E-state index >= 15 is 0 Å². The normalized spacial score (nSPS) is 12.5. The van der Waals surface area contributed by atoms with Gasteiger partial charge in [-0.3, -0.25) is 0 Å². The summed E-state index contributed by atoms with van der Waals surface area (Å²) in [5.74, 6) is 0. The third-order valence-electron chi connectivity index (χ3n) is 0.667. The summed E-state index contributed by atoms with van der Waals surface area (Å²) in [6, 6.07) is 0. The standard InChI is InChI=1S/C7H9Cl/c1-3-5-6-7(8)4-2/h3-6H,1H2,2H3/b6-5-,7-4+. The lowest BCUT2D eigenvalue weighted by molar-refractivity contribution is 1.70. The van der Waals surface area contributed by atoms with Crippen molar-refractivity contribution in [1.29, 1.82) is 0 Å². The Hall–Kier alpha value is -0.490. The summed E-state index contributed by atoms with van der Waals surface area (Å²) in [6.45, 7) is 5.38. The number of hydrogen-bond acceptors (Lipinski definition) is 0. The Kier molecular flexibility index (Phi) is 4.38. The molecule has 0 aliphatic rings. The zero-order chi connectivity index (χ0) is 6.41. The summed E-state index contributed by atoms with van der Waals surface area (Å²) in [4.78, 5) is 0. The van der Waals surface area contributed by atoms with Gasteiger partial charge in [0.2, 0.25) is 0 Å². The second-order valence-electron chi connectivity index (χ2n) is 1.27. The highest BCUT2D eigenvalue weighted by molar-refractivity contribution is 6.31. The van der Waals surface area contributed by atoms with Crippen LogP contribution >= 0.6 is 11.6 Å². The van der Waals surface area contributed by atoms with Gasteiger partial charge in [0.15, 0.2) is 0 Å². The Morgan fingerprint density at radius 3 is 2.62 bits per heavy atom.